The van der Waals surface area contributed by atoms with Crippen molar-refractivity contribution in [3.8, 4) is 0 Å². The molecule has 0 saturated heterocycles. The molecule has 9 heteroatoms. The molecule has 7 nitrogen and oxygen atoms in total. The summed E-state index contributed by atoms with van der Waals surface area (Å²) in [5.74, 6) is -0.0626. The van der Waals surface area contributed by atoms with Gasteiger partial charge in [-0.25, -0.2) is 4.79 Å². The molecule has 2 atom stereocenters. The Morgan fingerprint density at radius 2 is 2.08 bits per heavy atom. The number of thiophene rings is 1. The van der Waals surface area contributed by atoms with E-state index in [1.165, 1.54) is 27.6 Å². The maximum Gasteiger partial charge on any atom is 0.408 e. The molecule has 134 valence electrons. The average molecular weight is 380 g/mol. The van der Waals surface area contributed by atoms with Crippen LogP contribution < -0.4 is 5.32 Å². The van der Waals surface area contributed by atoms with Crippen LogP contribution in [0, 0.1) is 6.92 Å². The summed E-state index contributed by atoms with van der Waals surface area (Å²) in [6.45, 7) is 7.51. The SMILES string of the molecule is Cc1nnc(NC(=O)c2cc(C3CC3N(C(=O)O)C(C)(C)C)cs2)s1. The van der Waals surface area contributed by atoms with Crippen molar-refractivity contribution >= 4 is 39.8 Å². The van der Waals surface area contributed by atoms with Gasteiger partial charge >= 0.3 is 6.09 Å². The number of hydrogen-bond acceptors (Lipinski definition) is 6. The third-order valence-corrected chi connectivity index (χ3v) is 5.74. The van der Waals surface area contributed by atoms with Gasteiger partial charge in [-0.1, -0.05) is 11.3 Å². The van der Waals surface area contributed by atoms with E-state index in [1.807, 2.05) is 39.1 Å². The molecule has 25 heavy (non-hydrogen) atoms. The maximum absolute atomic E-state index is 12.3. The lowest BCUT2D eigenvalue weighted by Crippen LogP contribution is -2.46. The lowest BCUT2D eigenvalue weighted by Gasteiger charge is -2.33. The fourth-order valence-electron chi connectivity index (χ4n) is 2.92. The van der Waals surface area contributed by atoms with E-state index in [1.54, 1.807) is 0 Å². The van der Waals surface area contributed by atoms with Crippen molar-refractivity contribution in [3.63, 3.8) is 0 Å². The Labute approximate surface area is 153 Å². The molecule has 0 aliphatic heterocycles. The van der Waals surface area contributed by atoms with Crippen LogP contribution in [0.3, 0.4) is 0 Å². The summed E-state index contributed by atoms with van der Waals surface area (Å²) in [4.78, 5) is 26.0. The van der Waals surface area contributed by atoms with Crippen molar-refractivity contribution in [1.29, 1.82) is 0 Å². The first kappa shape index (κ1) is 17.8. The zero-order chi connectivity index (χ0) is 18.4. The second kappa shape index (κ2) is 6.38. The van der Waals surface area contributed by atoms with Crippen molar-refractivity contribution in [2.45, 2.75) is 51.6 Å². The number of aryl methyl sites for hydroxylation is 1. The van der Waals surface area contributed by atoms with Gasteiger partial charge in [-0.05, 0) is 51.1 Å². The van der Waals surface area contributed by atoms with E-state index in [0.29, 0.717) is 10.0 Å². The van der Waals surface area contributed by atoms with Crippen LogP contribution in [0.4, 0.5) is 9.93 Å². The lowest BCUT2D eigenvalue weighted by molar-refractivity contribution is 0.0938. The van der Waals surface area contributed by atoms with Crippen LogP contribution in [-0.2, 0) is 0 Å². The second-order valence-electron chi connectivity index (χ2n) is 7.06. The highest BCUT2D eigenvalue weighted by molar-refractivity contribution is 7.15. The summed E-state index contributed by atoms with van der Waals surface area (Å²) in [5, 5.41) is 23.2. The molecule has 2 unspecified atom stereocenters. The molecular weight excluding hydrogens is 360 g/mol. The lowest BCUT2D eigenvalue weighted by atomic mass is 10.1. The number of aromatic nitrogens is 2. The van der Waals surface area contributed by atoms with Gasteiger partial charge in [-0.15, -0.1) is 21.5 Å². The molecule has 2 aromatic heterocycles. The Hall–Kier alpha value is -2.00. The number of anilines is 1. The van der Waals surface area contributed by atoms with Crippen molar-refractivity contribution < 1.29 is 14.7 Å². The monoisotopic (exact) mass is 380 g/mol. The molecule has 1 saturated carbocycles. The molecule has 2 amide bonds. The number of amides is 2. The van der Waals surface area contributed by atoms with Gasteiger partial charge in [0.15, 0.2) is 0 Å². The summed E-state index contributed by atoms with van der Waals surface area (Å²) in [6.07, 6.45) is -0.114. The van der Waals surface area contributed by atoms with Crippen molar-refractivity contribution in [1.82, 2.24) is 15.1 Å². The first-order valence-corrected chi connectivity index (χ1v) is 9.58. The molecule has 0 aromatic carbocycles. The van der Waals surface area contributed by atoms with Gasteiger partial charge < -0.3 is 5.11 Å². The molecule has 1 fully saturated rings. The molecule has 1 aliphatic rings. The fourth-order valence-corrected chi connectivity index (χ4v) is 4.38. The second-order valence-corrected chi connectivity index (χ2v) is 9.15. The fraction of sp³-hybridized carbons (Fsp3) is 0.500. The Kier molecular flexibility index (Phi) is 4.54. The number of rotatable bonds is 4. The van der Waals surface area contributed by atoms with Crippen LogP contribution in [0.1, 0.15) is 53.4 Å². The molecule has 2 heterocycles. The molecular formula is C16H20N4O3S2. The molecule has 3 rings (SSSR count). The first-order chi connectivity index (χ1) is 11.7. The van der Waals surface area contributed by atoms with Gasteiger partial charge in [0, 0.05) is 17.5 Å². The van der Waals surface area contributed by atoms with E-state index in [2.05, 4.69) is 15.5 Å². The van der Waals surface area contributed by atoms with Crippen LogP contribution in [-0.4, -0.2) is 43.8 Å². The smallest absolute Gasteiger partial charge is 0.408 e. The van der Waals surface area contributed by atoms with Gasteiger partial charge in [0.1, 0.15) is 5.01 Å². The van der Waals surface area contributed by atoms with Gasteiger partial charge in [0.2, 0.25) is 5.13 Å². The van der Waals surface area contributed by atoms with Crippen LogP contribution in [0.5, 0.6) is 0 Å². The van der Waals surface area contributed by atoms with Crippen LogP contribution in [0.2, 0.25) is 0 Å². The number of nitrogens with one attached hydrogen (secondary N) is 1. The summed E-state index contributed by atoms with van der Waals surface area (Å²) in [7, 11) is 0. The Morgan fingerprint density at radius 1 is 1.36 bits per heavy atom. The predicted octanol–water partition coefficient (Wildman–Crippen LogP) is 3.79. The molecule has 1 aliphatic carbocycles. The van der Waals surface area contributed by atoms with Gasteiger partial charge in [0.25, 0.3) is 5.91 Å². The number of carbonyl (C=O) groups is 2. The highest BCUT2D eigenvalue weighted by Gasteiger charge is 2.49. The van der Waals surface area contributed by atoms with Crippen molar-refractivity contribution in [3.05, 3.63) is 26.9 Å². The molecule has 0 bridgehead atoms. The van der Waals surface area contributed by atoms with Gasteiger partial charge in [-0.3, -0.25) is 15.0 Å². The number of carbonyl (C=O) groups excluding carboxylic acids is 1. The quantitative estimate of drug-likeness (QED) is 0.841. The normalized spacial score (nSPS) is 19.5. The Morgan fingerprint density at radius 3 is 2.64 bits per heavy atom. The van der Waals surface area contributed by atoms with E-state index in [0.717, 1.165) is 17.0 Å². The Balaban J connectivity index is 1.68. The van der Waals surface area contributed by atoms with E-state index in [4.69, 9.17) is 0 Å². The van der Waals surface area contributed by atoms with E-state index >= 15 is 0 Å². The van der Waals surface area contributed by atoms with Crippen molar-refractivity contribution in [2.75, 3.05) is 5.32 Å². The minimum Gasteiger partial charge on any atom is -0.465 e. The standard InChI is InChI=1S/C16H20N4O3S2/c1-8-18-19-14(25-8)17-13(21)12-5-9(7-24-12)10-6-11(10)20(15(22)23)16(2,3)4/h5,7,10-11H,6H2,1-4H3,(H,22,23)(H,17,19,21). The average Bonchev–Trinajstić information content (AvgIpc) is 2.92. The topological polar surface area (TPSA) is 95.4 Å². The van der Waals surface area contributed by atoms with Crippen LogP contribution in [0.25, 0.3) is 0 Å². The molecule has 0 radical (unpaired) electrons. The zero-order valence-corrected chi connectivity index (χ0v) is 16.1. The minimum atomic E-state index is -0.903. The minimum absolute atomic E-state index is 0.0335. The van der Waals surface area contributed by atoms with Crippen molar-refractivity contribution in [2.24, 2.45) is 0 Å². The predicted molar refractivity (Wildman–Crippen MR) is 97.7 cm³/mol. The van der Waals surface area contributed by atoms with Crippen LogP contribution in [0.15, 0.2) is 11.4 Å². The molecule has 2 N–H and O–H groups in total. The number of carboxylic acid groups (broad SMARTS) is 1. The van der Waals surface area contributed by atoms with Crippen LogP contribution >= 0.6 is 22.7 Å². The number of nitrogens with zero attached hydrogens (tertiary/aromatic N) is 3. The first-order valence-electron chi connectivity index (χ1n) is 7.89. The summed E-state index contributed by atoms with van der Waals surface area (Å²) in [6, 6.07) is 1.81. The Bertz CT molecular complexity index is 808. The summed E-state index contributed by atoms with van der Waals surface area (Å²) >= 11 is 2.69. The van der Waals surface area contributed by atoms with E-state index in [-0.39, 0.29) is 17.9 Å². The highest BCUT2D eigenvalue weighted by Crippen LogP contribution is 2.48. The largest absolute Gasteiger partial charge is 0.465 e. The molecule has 2 aromatic rings. The summed E-state index contributed by atoms with van der Waals surface area (Å²) < 4.78 is 0. The highest BCUT2D eigenvalue weighted by atomic mass is 32.1. The number of hydrogen-bond donors (Lipinski definition) is 2. The molecule has 0 spiro atoms. The van der Waals surface area contributed by atoms with Gasteiger partial charge in [0.05, 0.1) is 4.88 Å². The third-order valence-electron chi connectivity index (χ3n) is 4.04. The van der Waals surface area contributed by atoms with E-state index < -0.39 is 11.6 Å². The van der Waals surface area contributed by atoms with E-state index in [9.17, 15) is 14.7 Å². The zero-order valence-electron chi connectivity index (χ0n) is 14.4. The van der Waals surface area contributed by atoms with Gasteiger partial charge in [-0.2, -0.15) is 0 Å². The third kappa shape index (κ3) is 3.82. The summed E-state index contributed by atoms with van der Waals surface area (Å²) in [5.41, 5.74) is 0.570. The maximum atomic E-state index is 12.3.